The average molecular weight is 300 g/mol. The molecule has 7 heteroatoms. The van der Waals surface area contributed by atoms with Gasteiger partial charge in [-0.25, -0.2) is 9.59 Å². The molecule has 2 amide bonds. The molecule has 2 atom stereocenters. The Morgan fingerprint density at radius 2 is 1.90 bits per heavy atom. The van der Waals surface area contributed by atoms with Crippen LogP contribution in [0, 0.1) is 0 Å². The minimum atomic E-state index is -0.759. The molecule has 1 fully saturated rings. The molecule has 1 unspecified atom stereocenters. The van der Waals surface area contributed by atoms with E-state index in [1.54, 1.807) is 27.7 Å². The molecule has 0 aromatic heterocycles. The van der Waals surface area contributed by atoms with Gasteiger partial charge >= 0.3 is 12.1 Å². The van der Waals surface area contributed by atoms with Crippen LogP contribution in [0.25, 0.3) is 0 Å². The Labute approximate surface area is 124 Å². The molecule has 21 heavy (non-hydrogen) atoms. The summed E-state index contributed by atoms with van der Waals surface area (Å²) in [6, 6.07) is -1.32. The number of carbonyl (C=O) groups excluding carboxylic acids is 3. The molecule has 1 heterocycles. The lowest BCUT2D eigenvalue weighted by Crippen LogP contribution is -2.51. The van der Waals surface area contributed by atoms with Crippen LogP contribution >= 0.6 is 0 Å². The molecule has 0 bridgehead atoms. The number of nitrogens with zero attached hydrogens (tertiary/aromatic N) is 1. The smallest absolute Gasteiger partial charge is 0.408 e. The molecule has 0 spiro atoms. The Hall–Kier alpha value is -1.79. The number of ether oxygens (including phenoxy) is 2. The Balaban J connectivity index is 2.61. The first-order chi connectivity index (χ1) is 9.65. The summed E-state index contributed by atoms with van der Waals surface area (Å²) in [6.45, 7) is 7.28. The highest BCUT2D eigenvalue weighted by Gasteiger charge is 2.37. The monoisotopic (exact) mass is 300 g/mol. The van der Waals surface area contributed by atoms with E-state index in [0.29, 0.717) is 13.0 Å². The van der Waals surface area contributed by atoms with Crippen LogP contribution in [0.5, 0.6) is 0 Å². The Morgan fingerprint density at radius 3 is 2.43 bits per heavy atom. The predicted octanol–water partition coefficient (Wildman–Crippen LogP) is 1.06. The van der Waals surface area contributed by atoms with Crippen molar-refractivity contribution in [3.05, 3.63) is 0 Å². The minimum Gasteiger partial charge on any atom is -0.467 e. The first-order valence-corrected chi connectivity index (χ1v) is 7.03. The fraction of sp³-hybridized carbons (Fsp3) is 0.786. The molecule has 1 aliphatic heterocycles. The molecule has 1 rings (SSSR count). The molecule has 0 aromatic carbocycles. The van der Waals surface area contributed by atoms with Crippen LogP contribution in [0.15, 0.2) is 0 Å². The van der Waals surface area contributed by atoms with Crippen molar-refractivity contribution < 1.29 is 23.9 Å². The molecular weight excluding hydrogens is 276 g/mol. The van der Waals surface area contributed by atoms with Crippen molar-refractivity contribution in [3.8, 4) is 0 Å². The van der Waals surface area contributed by atoms with Crippen LogP contribution in [0.1, 0.15) is 40.5 Å². The van der Waals surface area contributed by atoms with E-state index < -0.39 is 29.7 Å². The quantitative estimate of drug-likeness (QED) is 0.788. The third-order valence-corrected chi connectivity index (χ3v) is 3.11. The van der Waals surface area contributed by atoms with E-state index in [2.05, 4.69) is 5.32 Å². The number of carbonyl (C=O) groups is 3. The molecule has 120 valence electrons. The van der Waals surface area contributed by atoms with Gasteiger partial charge < -0.3 is 19.7 Å². The molecule has 7 nitrogen and oxygen atoms in total. The highest BCUT2D eigenvalue weighted by Crippen LogP contribution is 2.19. The van der Waals surface area contributed by atoms with Gasteiger partial charge in [0.1, 0.15) is 17.7 Å². The van der Waals surface area contributed by atoms with Crippen molar-refractivity contribution in [2.75, 3.05) is 13.7 Å². The summed E-state index contributed by atoms with van der Waals surface area (Å²) in [7, 11) is 1.30. The van der Waals surface area contributed by atoms with E-state index >= 15 is 0 Å². The number of hydrogen-bond acceptors (Lipinski definition) is 5. The van der Waals surface area contributed by atoms with Crippen LogP contribution in [0.4, 0.5) is 4.79 Å². The summed E-state index contributed by atoms with van der Waals surface area (Å²) in [4.78, 5) is 37.1. The normalized spacial score (nSPS) is 19.9. The summed E-state index contributed by atoms with van der Waals surface area (Å²) < 4.78 is 9.80. The van der Waals surface area contributed by atoms with E-state index in [1.807, 2.05) is 0 Å². The predicted molar refractivity (Wildman–Crippen MR) is 75.6 cm³/mol. The number of hydrogen-bond donors (Lipinski definition) is 1. The fourth-order valence-corrected chi connectivity index (χ4v) is 2.21. The lowest BCUT2D eigenvalue weighted by atomic mass is 10.2. The van der Waals surface area contributed by atoms with Gasteiger partial charge in [0.05, 0.1) is 7.11 Å². The van der Waals surface area contributed by atoms with E-state index in [4.69, 9.17) is 9.47 Å². The molecule has 0 aromatic rings. The zero-order valence-corrected chi connectivity index (χ0v) is 13.3. The van der Waals surface area contributed by atoms with Crippen molar-refractivity contribution in [1.82, 2.24) is 10.2 Å². The number of methoxy groups -OCH3 is 1. The summed E-state index contributed by atoms with van der Waals surface area (Å²) in [5.41, 5.74) is -0.630. The van der Waals surface area contributed by atoms with Gasteiger partial charge in [0.2, 0.25) is 5.91 Å². The summed E-state index contributed by atoms with van der Waals surface area (Å²) in [5, 5.41) is 2.49. The Kier molecular flexibility index (Phi) is 5.57. The highest BCUT2D eigenvalue weighted by atomic mass is 16.6. The van der Waals surface area contributed by atoms with E-state index in [-0.39, 0.29) is 5.91 Å². The molecule has 1 saturated heterocycles. The van der Waals surface area contributed by atoms with Crippen LogP contribution in [-0.2, 0) is 19.1 Å². The summed E-state index contributed by atoms with van der Waals surface area (Å²) in [5.74, 6) is -0.737. The maximum atomic E-state index is 12.3. The van der Waals surface area contributed by atoms with Gasteiger partial charge in [-0.3, -0.25) is 4.79 Å². The standard InChI is InChI=1S/C14H24N2O5/c1-9(15-13(19)21-14(2,3)4)11(17)16-8-6-7-10(16)12(18)20-5/h9-10H,6-8H2,1-5H3,(H,15,19)/t9?,10-/m0/s1. The maximum absolute atomic E-state index is 12.3. The van der Waals surface area contributed by atoms with Gasteiger partial charge in [0, 0.05) is 6.54 Å². The number of likely N-dealkylation sites (tertiary alicyclic amines) is 1. The minimum absolute atomic E-state index is 0.311. The second kappa shape index (κ2) is 6.78. The number of nitrogens with one attached hydrogen (secondary N) is 1. The zero-order chi connectivity index (χ0) is 16.2. The summed E-state index contributed by atoms with van der Waals surface area (Å²) in [6.07, 6.45) is 0.666. The first-order valence-electron chi connectivity index (χ1n) is 7.03. The van der Waals surface area contributed by atoms with E-state index in [9.17, 15) is 14.4 Å². The third kappa shape index (κ3) is 4.91. The zero-order valence-electron chi connectivity index (χ0n) is 13.3. The van der Waals surface area contributed by atoms with Gasteiger partial charge in [-0.2, -0.15) is 0 Å². The SMILES string of the molecule is COC(=O)[C@@H]1CCCN1C(=O)C(C)NC(=O)OC(C)(C)C. The highest BCUT2D eigenvalue weighted by molar-refractivity contribution is 5.89. The van der Waals surface area contributed by atoms with Gasteiger partial charge in [0.15, 0.2) is 0 Å². The number of esters is 1. The van der Waals surface area contributed by atoms with Crippen molar-refractivity contribution in [2.24, 2.45) is 0 Å². The molecular formula is C14H24N2O5. The van der Waals surface area contributed by atoms with Gasteiger partial charge in [-0.1, -0.05) is 0 Å². The molecule has 0 radical (unpaired) electrons. The molecule has 0 aliphatic carbocycles. The number of amides is 2. The average Bonchev–Trinajstić information content (AvgIpc) is 2.83. The van der Waals surface area contributed by atoms with Crippen molar-refractivity contribution in [2.45, 2.75) is 58.2 Å². The number of rotatable bonds is 3. The van der Waals surface area contributed by atoms with E-state index in [0.717, 1.165) is 6.42 Å². The van der Waals surface area contributed by atoms with Crippen molar-refractivity contribution in [3.63, 3.8) is 0 Å². The molecule has 0 saturated carbocycles. The lowest BCUT2D eigenvalue weighted by Gasteiger charge is -2.27. The lowest BCUT2D eigenvalue weighted by molar-refractivity contribution is -0.151. The van der Waals surface area contributed by atoms with Crippen LogP contribution in [0.3, 0.4) is 0 Å². The second-order valence-corrected chi connectivity index (χ2v) is 6.08. The number of alkyl carbamates (subject to hydrolysis) is 1. The van der Waals surface area contributed by atoms with Gasteiger partial charge in [-0.15, -0.1) is 0 Å². The van der Waals surface area contributed by atoms with Crippen LogP contribution < -0.4 is 5.32 Å². The molecule has 1 N–H and O–H groups in total. The molecule has 1 aliphatic rings. The van der Waals surface area contributed by atoms with Crippen molar-refractivity contribution >= 4 is 18.0 Å². The van der Waals surface area contributed by atoms with Crippen LogP contribution in [-0.4, -0.2) is 54.2 Å². The van der Waals surface area contributed by atoms with Gasteiger partial charge in [0.25, 0.3) is 0 Å². The Morgan fingerprint density at radius 1 is 1.29 bits per heavy atom. The first kappa shape index (κ1) is 17.3. The third-order valence-electron chi connectivity index (χ3n) is 3.11. The van der Waals surface area contributed by atoms with Crippen LogP contribution in [0.2, 0.25) is 0 Å². The fourth-order valence-electron chi connectivity index (χ4n) is 2.21. The largest absolute Gasteiger partial charge is 0.467 e. The second-order valence-electron chi connectivity index (χ2n) is 6.08. The van der Waals surface area contributed by atoms with Crippen molar-refractivity contribution in [1.29, 1.82) is 0 Å². The summed E-state index contributed by atoms with van der Waals surface area (Å²) >= 11 is 0. The maximum Gasteiger partial charge on any atom is 0.408 e. The topological polar surface area (TPSA) is 84.9 Å². The van der Waals surface area contributed by atoms with Gasteiger partial charge in [-0.05, 0) is 40.5 Å². The Bertz CT molecular complexity index is 416. The van der Waals surface area contributed by atoms with E-state index in [1.165, 1.54) is 12.0 Å².